The molecule has 0 saturated heterocycles. The Bertz CT molecular complexity index is 731. The van der Waals surface area contributed by atoms with Gasteiger partial charge in [-0.25, -0.2) is 4.79 Å². The predicted molar refractivity (Wildman–Crippen MR) is 90.4 cm³/mol. The van der Waals surface area contributed by atoms with Crippen LogP contribution in [0.15, 0.2) is 48.4 Å². The van der Waals surface area contributed by atoms with Gasteiger partial charge in [0.15, 0.2) is 5.16 Å². The highest BCUT2D eigenvalue weighted by atomic mass is 32.2. The van der Waals surface area contributed by atoms with Crippen LogP contribution in [0.25, 0.3) is 5.69 Å². The summed E-state index contributed by atoms with van der Waals surface area (Å²) in [5.74, 6) is 0.249. The first-order valence-corrected chi connectivity index (χ1v) is 7.99. The van der Waals surface area contributed by atoms with E-state index in [1.807, 2.05) is 24.3 Å². The standard InChI is InChI=1S/C15H17N5O3S/c1-3-8-16-14(22)18-13(21)9-24-15-19-17-10-20(15)11-6-4-5-7-12(11)23-2/h3-7,10H,1,8-9H2,2H3,(H2,16,18,21,22). The van der Waals surface area contributed by atoms with E-state index in [0.29, 0.717) is 10.9 Å². The third kappa shape index (κ3) is 4.59. The molecule has 3 amide bonds. The summed E-state index contributed by atoms with van der Waals surface area (Å²) in [5, 5.41) is 13.1. The molecule has 0 bridgehead atoms. The quantitative estimate of drug-likeness (QED) is 0.580. The lowest BCUT2D eigenvalue weighted by Crippen LogP contribution is -2.40. The Morgan fingerprint density at radius 1 is 1.42 bits per heavy atom. The summed E-state index contributed by atoms with van der Waals surface area (Å²) >= 11 is 1.16. The number of para-hydroxylation sites is 2. The summed E-state index contributed by atoms with van der Waals surface area (Å²) in [6.45, 7) is 3.76. The van der Waals surface area contributed by atoms with Gasteiger partial charge in [0.2, 0.25) is 5.91 Å². The summed E-state index contributed by atoms with van der Waals surface area (Å²) in [6, 6.07) is 6.83. The number of rotatable bonds is 7. The number of nitrogens with one attached hydrogen (secondary N) is 2. The van der Waals surface area contributed by atoms with Crippen LogP contribution in [0.1, 0.15) is 0 Å². The highest BCUT2D eigenvalue weighted by Gasteiger charge is 2.14. The highest BCUT2D eigenvalue weighted by Crippen LogP contribution is 2.26. The first-order valence-electron chi connectivity index (χ1n) is 7.00. The molecular weight excluding hydrogens is 330 g/mol. The van der Waals surface area contributed by atoms with E-state index in [9.17, 15) is 9.59 Å². The Morgan fingerprint density at radius 2 is 2.21 bits per heavy atom. The number of hydrogen-bond donors (Lipinski definition) is 2. The van der Waals surface area contributed by atoms with E-state index in [1.165, 1.54) is 12.4 Å². The second-order valence-electron chi connectivity index (χ2n) is 4.49. The van der Waals surface area contributed by atoms with Crippen LogP contribution in [-0.2, 0) is 4.79 Å². The number of thioether (sulfide) groups is 1. The molecule has 1 heterocycles. The Kier molecular flexibility index (Phi) is 6.38. The zero-order valence-corrected chi connectivity index (χ0v) is 13.9. The van der Waals surface area contributed by atoms with Crippen LogP contribution in [0, 0.1) is 0 Å². The molecule has 0 fully saturated rings. The highest BCUT2D eigenvalue weighted by molar-refractivity contribution is 7.99. The molecule has 0 aliphatic heterocycles. The predicted octanol–water partition coefficient (Wildman–Crippen LogP) is 1.38. The van der Waals surface area contributed by atoms with Crippen molar-refractivity contribution in [2.24, 2.45) is 0 Å². The fourth-order valence-corrected chi connectivity index (χ4v) is 2.54. The normalized spacial score (nSPS) is 10.0. The lowest BCUT2D eigenvalue weighted by molar-refractivity contribution is -0.117. The smallest absolute Gasteiger partial charge is 0.321 e. The van der Waals surface area contributed by atoms with Gasteiger partial charge in [-0.05, 0) is 12.1 Å². The van der Waals surface area contributed by atoms with Crippen LogP contribution in [0.4, 0.5) is 4.79 Å². The Morgan fingerprint density at radius 3 is 2.96 bits per heavy atom. The van der Waals surface area contributed by atoms with Crippen molar-refractivity contribution >= 4 is 23.7 Å². The summed E-state index contributed by atoms with van der Waals surface area (Å²) in [4.78, 5) is 23.2. The third-order valence-corrected chi connectivity index (χ3v) is 3.80. The van der Waals surface area contributed by atoms with E-state index in [0.717, 1.165) is 17.4 Å². The largest absolute Gasteiger partial charge is 0.495 e. The molecule has 2 N–H and O–H groups in total. The maximum absolute atomic E-state index is 11.8. The van der Waals surface area contributed by atoms with Crippen molar-refractivity contribution in [3.8, 4) is 11.4 Å². The number of hydrogen-bond acceptors (Lipinski definition) is 6. The number of amides is 3. The van der Waals surface area contributed by atoms with Crippen molar-refractivity contribution < 1.29 is 14.3 Å². The van der Waals surface area contributed by atoms with E-state index in [4.69, 9.17) is 4.74 Å². The SMILES string of the molecule is C=CCNC(=O)NC(=O)CSc1nncn1-c1ccccc1OC. The Hall–Kier alpha value is -2.81. The van der Waals surface area contributed by atoms with Gasteiger partial charge in [-0.2, -0.15) is 0 Å². The van der Waals surface area contributed by atoms with Gasteiger partial charge in [-0.3, -0.25) is 14.7 Å². The molecule has 24 heavy (non-hydrogen) atoms. The molecule has 0 spiro atoms. The molecule has 8 nitrogen and oxygen atoms in total. The lowest BCUT2D eigenvalue weighted by Gasteiger charge is -2.10. The molecule has 0 radical (unpaired) electrons. The first kappa shape index (κ1) is 17.5. The second-order valence-corrected chi connectivity index (χ2v) is 5.43. The minimum absolute atomic E-state index is 0.0232. The number of aromatic nitrogens is 3. The van der Waals surface area contributed by atoms with E-state index in [-0.39, 0.29) is 12.3 Å². The number of carbonyl (C=O) groups is 2. The maximum Gasteiger partial charge on any atom is 0.321 e. The molecule has 2 rings (SSSR count). The number of nitrogens with zero attached hydrogens (tertiary/aromatic N) is 3. The van der Waals surface area contributed by atoms with E-state index >= 15 is 0 Å². The van der Waals surface area contributed by atoms with Gasteiger partial charge in [-0.15, -0.1) is 16.8 Å². The zero-order chi connectivity index (χ0) is 17.4. The molecule has 9 heteroatoms. The van der Waals surface area contributed by atoms with Crippen LogP contribution in [-0.4, -0.2) is 46.1 Å². The first-order chi connectivity index (χ1) is 11.7. The van der Waals surface area contributed by atoms with Crippen molar-refractivity contribution in [3.05, 3.63) is 43.2 Å². The van der Waals surface area contributed by atoms with Crippen molar-refractivity contribution in [2.75, 3.05) is 19.4 Å². The average molecular weight is 347 g/mol. The Balaban J connectivity index is 2.00. The molecular formula is C15H17N5O3S. The van der Waals surface area contributed by atoms with Crippen molar-refractivity contribution in [2.45, 2.75) is 5.16 Å². The molecule has 0 saturated carbocycles. The van der Waals surface area contributed by atoms with Gasteiger partial charge in [0.05, 0.1) is 18.6 Å². The second kappa shape index (κ2) is 8.73. The summed E-state index contributed by atoms with van der Waals surface area (Å²) in [7, 11) is 1.57. The molecule has 0 atom stereocenters. The van der Waals surface area contributed by atoms with E-state index in [1.54, 1.807) is 11.7 Å². The lowest BCUT2D eigenvalue weighted by atomic mass is 10.3. The molecule has 1 aromatic heterocycles. The maximum atomic E-state index is 11.8. The number of benzene rings is 1. The minimum atomic E-state index is -0.563. The van der Waals surface area contributed by atoms with Gasteiger partial charge in [0.1, 0.15) is 12.1 Å². The number of carbonyl (C=O) groups excluding carboxylic acids is 2. The fraction of sp³-hybridized carbons (Fsp3) is 0.200. The molecule has 0 unspecified atom stereocenters. The summed E-state index contributed by atoms with van der Waals surface area (Å²) in [6.07, 6.45) is 3.06. The molecule has 2 aromatic rings. The monoisotopic (exact) mass is 347 g/mol. The van der Waals surface area contributed by atoms with Crippen molar-refractivity contribution in [1.82, 2.24) is 25.4 Å². The van der Waals surface area contributed by atoms with Gasteiger partial charge in [-0.1, -0.05) is 30.0 Å². The van der Waals surface area contributed by atoms with Gasteiger partial charge in [0.25, 0.3) is 0 Å². The Labute approximate surface area is 143 Å². The number of methoxy groups -OCH3 is 1. The summed E-state index contributed by atoms with van der Waals surface area (Å²) in [5.41, 5.74) is 0.761. The van der Waals surface area contributed by atoms with Crippen molar-refractivity contribution in [3.63, 3.8) is 0 Å². The fourth-order valence-electron chi connectivity index (χ4n) is 1.82. The zero-order valence-electron chi connectivity index (χ0n) is 13.1. The molecule has 0 aliphatic rings. The van der Waals surface area contributed by atoms with Crippen LogP contribution in [0.5, 0.6) is 5.75 Å². The van der Waals surface area contributed by atoms with Gasteiger partial charge >= 0.3 is 6.03 Å². The molecule has 126 valence electrons. The number of imide groups is 1. The average Bonchev–Trinajstić information content (AvgIpc) is 3.06. The number of ether oxygens (including phenoxy) is 1. The third-order valence-electron chi connectivity index (χ3n) is 2.85. The molecule has 1 aromatic carbocycles. The van der Waals surface area contributed by atoms with Gasteiger partial charge in [0, 0.05) is 6.54 Å². The van der Waals surface area contributed by atoms with Gasteiger partial charge < -0.3 is 10.1 Å². The van der Waals surface area contributed by atoms with Crippen LogP contribution >= 0.6 is 11.8 Å². The van der Waals surface area contributed by atoms with Crippen molar-refractivity contribution in [1.29, 1.82) is 0 Å². The van der Waals surface area contributed by atoms with Crippen LogP contribution in [0.2, 0.25) is 0 Å². The number of urea groups is 1. The summed E-state index contributed by atoms with van der Waals surface area (Å²) < 4.78 is 7.03. The topological polar surface area (TPSA) is 98.1 Å². The van der Waals surface area contributed by atoms with Crippen LogP contribution < -0.4 is 15.4 Å². The van der Waals surface area contributed by atoms with Crippen LogP contribution in [0.3, 0.4) is 0 Å². The van der Waals surface area contributed by atoms with E-state index in [2.05, 4.69) is 27.4 Å². The minimum Gasteiger partial charge on any atom is -0.495 e. The van der Waals surface area contributed by atoms with E-state index < -0.39 is 11.9 Å². The molecule has 0 aliphatic carbocycles.